The SMILES string of the molecule is CCn1cc(/C=C2\Oc3cc(OC(=O)c4ccc(C)cc4)cc(C)c3C2=O)c2ccccc21. The molecule has 1 aromatic heterocycles. The number of carbonyl (C=O) groups excluding carboxylic acids is 2. The van der Waals surface area contributed by atoms with E-state index >= 15 is 0 Å². The van der Waals surface area contributed by atoms with Crippen molar-refractivity contribution in [2.75, 3.05) is 0 Å². The van der Waals surface area contributed by atoms with Crippen LogP contribution < -0.4 is 9.47 Å². The second kappa shape index (κ2) is 8.10. The Morgan fingerprint density at radius 2 is 1.82 bits per heavy atom. The molecule has 0 saturated heterocycles. The molecule has 33 heavy (non-hydrogen) atoms. The van der Waals surface area contributed by atoms with E-state index in [1.54, 1.807) is 30.3 Å². The summed E-state index contributed by atoms with van der Waals surface area (Å²) < 4.78 is 13.6. The molecular weight excluding hydrogens is 414 g/mol. The van der Waals surface area contributed by atoms with Crippen LogP contribution in [0.5, 0.6) is 11.5 Å². The first kappa shape index (κ1) is 20.8. The molecule has 0 unspecified atom stereocenters. The van der Waals surface area contributed by atoms with Gasteiger partial charge in [-0.2, -0.15) is 0 Å². The number of aromatic nitrogens is 1. The van der Waals surface area contributed by atoms with Gasteiger partial charge in [0.05, 0.1) is 11.1 Å². The van der Waals surface area contributed by atoms with Gasteiger partial charge in [0.15, 0.2) is 5.76 Å². The Bertz CT molecular complexity index is 1440. The third-order valence-corrected chi connectivity index (χ3v) is 5.89. The molecule has 0 amide bonds. The molecule has 5 rings (SSSR count). The highest BCUT2D eigenvalue weighted by atomic mass is 16.5. The predicted molar refractivity (Wildman–Crippen MR) is 128 cm³/mol. The van der Waals surface area contributed by atoms with E-state index in [0.29, 0.717) is 28.2 Å². The van der Waals surface area contributed by atoms with Crippen molar-refractivity contribution in [2.24, 2.45) is 0 Å². The lowest BCUT2D eigenvalue weighted by Gasteiger charge is -2.08. The van der Waals surface area contributed by atoms with Gasteiger partial charge >= 0.3 is 5.97 Å². The van der Waals surface area contributed by atoms with E-state index in [1.807, 2.05) is 50.4 Å². The molecule has 0 spiro atoms. The molecule has 164 valence electrons. The monoisotopic (exact) mass is 437 g/mol. The molecule has 0 saturated carbocycles. The van der Waals surface area contributed by atoms with Crippen molar-refractivity contribution in [2.45, 2.75) is 27.3 Å². The summed E-state index contributed by atoms with van der Waals surface area (Å²) in [6.07, 6.45) is 3.81. The maximum Gasteiger partial charge on any atom is 0.343 e. The van der Waals surface area contributed by atoms with Crippen LogP contribution in [0, 0.1) is 13.8 Å². The number of benzene rings is 3. The molecular formula is C28H23NO4. The lowest BCUT2D eigenvalue weighted by Crippen LogP contribution is -2.08. The summed E-state index contributed by atoms with van der Waals surface area (Å²) in [5.41, 5.74) is 4.75. The fraction of sp³-hybridized carbons (Fsp3) is 0.143. The molecule has 0 radical (unpaired) electrons. The number of nitrogens with zero attached hydrogens (tertiary/aromatic N) is 1. The zero-order valence-corrected chi connectivity index (χ0v) is 18.7. The second-order valence-electron chi connectivity index (χ2n) is 8.20. The number of hydrogen-bond acceptors (Lipinski definition) is 4. The molecule has 0 aliphatic carbocycles. The quantitative estimate of drug-likeness (QED) is 0.219. The van der Waals surface area contributed by atoms with E-state index in [9.17, 15) is 9.59 Å². The highest BCUT2D eigenvalue weighted by Crippen LogP contribution is 2.38. The van der Waals surface area contributed by atoms with E-state index in [-0.39, 0.29) is 11.5 Å². The van der Waals surface area contributed by atoms with E-state index in [2.05, 4.69) is 17.6 Å². The van der Waals surface area contributed by atoms with Crippen molar-refractivity contribution in [1.82, 2.24) is 4.57 Å². The van der Waals surface area contributed by atoms with E-state index in [0.717, 1.165) is 28.6 Å². The first-order valence-corrected chi connectivity index (χ1v) is 10.9. The number of ketones is 1. The van der Waals surface area contributed by atoms with E-state index < -0.39 is 5.97 Å². The van der Waals surface area contributed by atoms with Gasteiger partial charge in [-0.1, -0.05) is 35.9 Å². The molecule has 4 aromatic rings. The number of ether oxygens (including phenoxy) is 2. The molecule has 0 fully saturated rings. The first-order chi connectivity index (χ1) is 15.9. The van der Waals surface area contributed by atoms with Crippen LogP contribution in [0.2, 0.25) is 0 Å². The largest absolute Gasteiger partial charge is 0.452 e. The standard InChI is InChI=1S/C28H23NO4/c1-4-29-16-20(22-7-5-6-8-23(22)29)14-25-27(30)26-18(3)13-21(15-24(26)33-25)32-28(31)19-11-9-17(2)10-12-19/h5-16H,4H2,1-3H3/b25-14-. The van der Waals surface area contributed by atoms with Crippen LogP contribution >= 0.6 is 0 Å². The lowest BCUT2D eigenvalue weighted by molar-refractivity contribution is 0.0734. The van der Waals surface area contributed by atoms with Crippen molar-refractivity contribution in [3.8, 4) is 11.5 Å². The molecule has 1 aliphatic rings. The molecule has 2 heterocycles. The number of fused-ring (bicyclic) bond motifs is 2. The molecule has 1 aliphatic heterocycles. The van der Waals surface area contributed by atoms with Gasteiger partial charge in [-0.15, -0.1) is 0 Å². The Kier molecular flexibility index (Phi) is 5.09. The maximum absolute atomic E-state index is 13.1. The summed E-state index contributed by atoms with van der Waals surface area (Å²) in [6, 6.07) is 18.5. The number of carbonyl (C=O) groups is 2. The Hall–Kier alpha value is -4.12. The van der Waals surface area contributed by atoms with Gasteiger partial charge < -0.3 is 14.0 Å². The number of allylic oxidation sites excluding steroid dienone is 1. The van der Waals surface area contributed by atoms with Crippen LogP contribution in [0.15, 0.2) is 72.6 Å². The van der Waals surface area contributed by atoms with E-state index in [1.165, 1.54) is 0 Å². The molecule has 0 atom stereocenters. The summed E-state index contributed by atoms with van der Waals surface area (Å²) in [4.78, 5) is 25.6. The van der Waals surface area contributed by atoms with Crippen LogP contribution in [0.25, 0.3) is 17.0 Å². The van der Waals surface area contributed by atoms with Crippen molar-refractivity contribution in [1.29, 1.82) is 0 Å². The van der Waals surface area contributed by atoms with Gasteiger partial charge in [-0.05, 0) is 56.7 Å². The number of para-hydroxylation sites is 1. The maximum atomic E-state index is 13.1. The average molecular weight is 437 g/mol. The second-order valence-corrected chi connectivity index (χ2v) is 8.20. The van der Waals surface area contributed by atoms with Crippen molar-refractivity contribution in [3.63, 3.8) is 0 Å². The molecule has 0 bridgehead atoms. The number of hydrogen-bond donors (Lipinski definition) is 0. The minimum atomic E-state index is -0.457. The minimum Gasteiger partial charge on any atom is -0.452 e. The minimum absolute atomic E-state index is 0.174. The smallest absolute Gasteiger partial charge is 0.343 e. The third-order valence-electron chi connectivity index (χ3n) is 5.89. The van der Waals surface area contributed by atoms with Crippen LogP contribution in [0.4, 0.5) is 0 Å². The average Bonchev–Trinajstić information content (AvgIpc) is 3.32. The summed E-state index contributed by atoms with van der Waals surface area (Å²) in [7, 11) is 0. The Balaban J connectivity index is 1.46. The van der Waals surface area contributed by atoms with Crippen LogP contribution in [-0.4, -0.2) is 16.3 Å². The van der Waals surface area contributed by atoms with Gasteiger partial charge in [-0.3, -0.25) is 4.79 Å². The number of esters is 1. The van der Waals surface area contributed by atoms with Gasteiger partial charge in [0.1, 0.15) is 11.5 Å². The van der Waals surface area contributed by atoms with E-state index in [4.69, 9.17) is 9.47 Å². The molecule has 3 aromatic carbocycles. The topological polar surface area (TPSA) is 57.5 Å². The highest BCUT2D eigenvalue weighted by molar-refractivity contribution is 6.16. The molecule has 5 heteroatoms. The first-order valence-electron chi connectivity index (χ1n) is 10.9. The van der Waals surface area contributed by atoms with Gasteiger partial charge in [0.2, 0.25) is 5.78 Å². The molecule has 0 N–H and O–H groups in total. The number of Topliss-reactive ketones (excluding diaryl/α,β-unsaturated/α-hetero) is 1. The zero-order valence-electron chi connectivity index (χ0n) is 18.7. The van der Waals surface area contributed by atoms with Crippen LogP contribution in [0.1, 0.15) is 44.3 Å². The third kappa shape index (κ3) is 3.72. The zero-order chi connectivity index (χ0) is 23.1. The fourth-order valence-electron chi connectivity index (χ4n) is 4.19. The fourth-order valence-corrected chi connectivity index (χ4v) is 4.19. The lowest BCUT2D eigenvalue weighted by atomic mass is 10.0. The highest BCUT2D eigenvalue weighted by Gasteiger charge is 2.30. The predicted octanol–water partition coefficient (Wildman–Crippen LogP) is 6.11. The van der Waals surface area contributed by atoms with Crippen LogP contribution in [0.3, 0.4) is 0 Å². The Labute approximate surface area is 191 Å². The number of rotatable bonds is 4. The summed E-state index contributed by atoms with van der Waals surface area (Å²) in [5, 5.41) is 1.06. The Morgan fingerprint density at radius 3 is 2.58 bits per heavy atom. The molecule has 5 nitrogen and oxygen atoms in total. The Morgan fingerprint density at radius 1 is 1.06 bits per heavy atom. The van der Waals surface area contributed by atoms with Crippen molar-refractivity contribution < 1.29 is 19.1 Å². The van der Waals surface area contributed by atoms with Gasteiger partial charge in [-0.25, -0.2) is 4.79 Å². The summed E-state index contributed by atoms with van der Waals surface area (Å²) in [6.45, 7) is 6.68. The number of aryl methyl sites for hydroxylation is 3. The van der Waals surface area contributed by atoms with Crippen LogP contribution in [-0.2, 0) is 6.54 Å². The van der Waals surface area contributed by atoms with Crippen molar-refractivity contribution >= 4 is 28.7 Å². The summed E-state index contributed by atoms with van der Waals surface area (Å²) >= 11 is 0. The van der Waals surface area contributed by atoms with Crippen molar-refractivity contribution in [3.05, 3.63) is 100 Å². The normalized spacial score (nSPS) is 13.9. The summed E-state index contributed by atoms with van der Waals surface area (Å²) in [5.74, 6) is 0.369. The van der Waals surface area contributed by atoms with Gasteiger partial charge in [0, 0.05) is 35.3 Å². The van der Waals surface area contributed by atoms with Gasteiger partial charge in [0.25, 0.3) is 0 Å².